The van der Waals surface area contributed by atoms with Gasteiger partial charge < -0.3 is 15.3 Å². The first-order chi connectivity index (χ1) is 18.5. The van der Waals surface area contributed by atoms with Crippen molar-refractivity contribution in [3.05, 3.63) is 23.0 Å². The Bertz CT molecular complexity index is 910. The molecule has 0 aromatic rings. The zero-order valence-electron chi connectivity index (χ0n) is 27.9. The molecule has 0 amide bonds. The largest absolute Gasteiger partial charge is 0.511 e. The van der Waals surface area contributed by atoms with Crippen molar-refractivity contribution < 1.29 is 20.1 Å². The van der Waals surface area contributed by atoms with E-state index >= 15 is 4.79 Å². The lowest BCUT2D eigenvalue weighted by atomic mass is 9.36. The fourth-order valence-electron chi connectivity index (χ4n) is 8.02. The molecule has 0 saturated heterocycles. The summed E-state index contributed by atoms with van der Waals surface area (Å²) < 4.78 is 0. The number of carbonyl (C=O) groups is 1. The molecule has 2 aliphatic rings. The molecular weight excluding hydrogens is 496 g/mol. The number of hydrogen-bond acceptors (Lipinski definition) is 4. The van der Waals surface area contributed by atoms with Crippen molar-refractivity contribution in [2.45, 2.75) is 153 Å². The van der Waals surface area contributed by atoms with Crippen LogP contribution in [0.15, 0.2) is 23.0 Å². The average Bonchev–Trinajstić information content (AvgIpc) is 2.86. The molecule has 40 heavy (non-hydrogen) atoms. The summed E-state index contributed by atoms with van der Waals surface area (Å²) in [5.41, 5.74) is -1.31. The number of aliphatic hydroxyl groups excluding tert-OH is 3. The summed E-state index contributed by atoms with van der Waals surface area (Å²) in [6, 6.07) is 0. The summed E-state index contributed by atoms with van der Waals surface area (Å²) in [5, 5.41) is 37.2. The molecule has 3 N–H and O–H groups in total. The predicted molar refractivity (Wildman–Crippen MR) is 168 cm³/mol. The van der Waals surface area contributed by atoms with Gasteiger partial charge in [-0.3, -0.25) is 4.79 Å². The molecule has 7 atom stereocenters. The fraction of sp³-hybridized carbons (Fsp3) is 0.861. The Morgan fingerprint density at radius 2 is 1.57 bits per heavy atom. The number of fused-ring (bicyclic) bond motifs is 2. The van der Waals surface area contributed by atoms with Crippen LogP contribution in [0.1, 0.15) is 140 Å². The standard InChI is InChI=1S/C36H64O4/c1-12-27(10)30(37)36-32(39)29(18-16-25(6)7)31(38)35(33(36)40,21-19-26(8)9)22-28(17-15-24(4)5)34(36,11)20-13-14-23(2)3/h19,23-25,27-28,30,33,37-38,40H,12-18,20-22H2,1-11H3/t27?,28-,30?,33?,34+,35+,36-/m0/s1. The van der Waals surface area contributed by atoms with Crippen LogP contribution >= 0.6 is 0 Å². The minimum Gasteiger partial charge on any atom is -0.511 e. The van der Waals surface area contributed by atoms with E-state index in [2.05, 4.69) is 61.5 Å². The summed E-state index contributed by atoms with van der Waals surface area (Å²) in [6.45, 7) is 23.6. The minimum atomic E-state index is -1.35. The molecule has 2 rings (SSSR count). The third-order valence-corrected chi connectivity index (χ3v) is 10.9. The first-order valence-electron chi connectivity index (χ1n) is 16.5. The van der Waals surface area contributed by atoms with Crippen molar-refractivity contribution >= 4 is 5.78 Å². The quantitative estimate of drug-likeness (QED) is 0.174. The molecule has 2 bridgehead atoms. The van der Waals surface area contributed by atoms with Gasteiger partial charge in [-0.25, -0.2) is 0 Å². The van der Waals surface area contributed by atoms with E-state index < -0.39 is 28.5 Å². The van der Waals surface area contributed by atoms with E-state index in [0.29, 0.717) is 42.6 Å². The molecule has 0 heterocycles. The molecule has 3 unspecified atom stereocenters. The Labute approximate surface area is 247 Å². The van der Waals surface area contributed by atoms with Gasteiger partial charge in [0.1, 0.15) is 5.76 Å². The Balaban J connectivity index is 2.98. The Morgan fingerprint density at radius 1 is 1.00 bits per heavy atom. The lowest BCUT2D eigenvalue weighted by Gasteiger charge is -2.67. The molecule has 232 valence electrons. The number of rotatable bonds is 15. The zero-order valence-corrected chi connectivity index (χ0v) is 27.9. The third-order valence-electron chi connectivity index (χ3n) is 10.9. The normalized spacial score (nSPS) is 32.2. The van der Waals surface area contributed by atoms with Crippen LogP contribution in [-0.2, 0) is 4.79 Å². The van der Waals surface area contributed by atoms with Crippen LogP contribution in [0.5, 0.6) is 0 Å². The lowest BCUT2D eigenvalue weighted by molar-refractivity contribution is -0.247. The van der Waals surface area contributed by atoms with E-state index in [4.69, 9.17) is 0 Å². The van der Waals surface area contributed by atoms with Gasteiger partial charge in [-0.05, 0) is 87.4 Å². The summed E-state index contributed by atoms with van der Waals surface area (Å²) in [7, 11) is 0. The smallest absolute Gasteiger partial charge is 0.174 e. The molecular formula is C36H64O4. The zero-order chi connectivity index (χ0) is 30.6. The Kier molecular flexibility index (Phi) is 12.2. The van der Waals surface area contributed by atoms with Crippen molar-refractivity contribution in [2.75, 3.05) is 0 Å². The van der Waals surface area contributed by atoms with E-state index in [9.17, 15) is 15.3 Å². The molecule has 1 saturated carbocycles. The molecule has 0 radical (unpaired) electrons. The SMILES string of the molecule is CCC(C)C(O)[C@@]12C(=O)C(CCC(C)C)=C(O)[C@@](CC=C(C)C)(C[C@H](CCC(C)C)[C@@]1(C)CCCC(C)C)C2O. The summed E-state index contributed by atoms with van der Waals surface area (Å²) in [5.74, 6) is 1.31. The fourth-order valence-corrected chi connectivity index (χ4v) is 8.02. The summed E-state index contributed by atoms with van der Waals surface area (Å²) in [6.07, 6.45) is 7.86. The van der Waals surface area contributed by atoms with Crippen molar-refractivity contribution in [3.63, 3.8) is 0 Å². The van der Waals surface area contributed by atoms with Crippen LogP contribution in [-0.4, -0.2) is 33.3 Å². The maximum atomic E-state index is 15.1. The van der Waals surface area contributed by atoms with Crippen LogP contribution in [0.25, 0.3) is 0 Å². The van der Waals surface area contributed by atoms with Gasteiger partial charge in [-0.15, -0.1) is 0 Å². The van der Waals surface area contributed by atoms with Gasteiger partial charge in [0.25, 0.3) is 0 Å². The molecule has 1 fully saturated rings. The molecule has 0 aromatic heterocycles. The maximum absolute atomic E-state index is 15.1. The van der Waals surface area contributed by atoms with Crippen LogP contribution in [0.3, 0.4) is 0 Å². The minimum absolute atomic E-state index is 0.104. The highest BCUT2D eigenvalue weighted by molar-refractivity contribution is 6.03. The van der Waals surface area contributed by atoms with E-state index in [0.717, 1.165) is 50.5 Å². The topological polar surface area (TPSA) is 77.8 Å². The van der Waals surface area contributed by atoms with Gasteiger partial charge in [0.15, 0.2) is 5.78 Å². The lowest BCUT2D eigenvalue weighted by Crippen LogP contribution is -2.74. The van der Waals surface area contributed by atoms with Crippen molar-refractivity contribution in [1.82, 2.24) is 0 Å². The Hall–Kier alpha value is -1.13. The average molecular weight is 561 g/mol. The number of hydrogen-bond donors (Lipinski definition) is 3. The van der Waals surface area contributed by atoms with Gasteiger partial charge in [-0.2, -0.15) is 0 Å². The second-order valence-corrected chi connectivity index (χ2v) is 15.4. The number of ketones is 1. The highest BCUT2D eigenvalue weighted by atomic mass is 16.3. The van der Waals surface area contributed by atoms with Gasteiger partial charge in [-0.1, -0.05) is 99.6 Å². The van der Waals surface area contributed by atoms with E-state index in [1.165, 1.54) is 0 Å². The molecule has 0 aliphatic heterocycles. The molecule has 4 heteroatoms. The molecule has 0 aromatic carbocycles. The van der Waals surface area contributed by atoms with Crippen molar-refractivity contribution in [3.8, 4) is 0 Å². The maximum Gasteiger partial charge on any atom is 0.174 e. The second kappa shape index (κ2) is 13.9. The Morgan fingerprint density at radius 3 is 2.08 bits per heavy atom. The number of allylic oxidation sites excluding steroid dienone is 3. The van der Waals surface area contributed by atoms with Crippen LogP contribution < -0.4 is 0 Å². The third kappa shape index (κ3) is 6.43. The van der Waals surface area contributed by atoms with Crippen LogP contribution in [0, 0.1) is 45.8 Å². The highest BCUT2D eigenvalue weighted by Gasteiger charge is 2.75. The molecule has 2 aliphatic carbocycles. The molecule has 4 nitrogen and oxygen atoms in total. The number of Topliss-reactive ketones (excluding diaryl/α,β-unsaturated/α-hetero) is 1. The predicted octanol–water partition coefficient (Wildman–Crippen LogP) is 9.20. The van der Waals surface area contributed by atoms with E-state index in [1.54, 1.807) is 0 Å². The summed E-state index contributed by atoms with van der Waals surface area (Å²) in [4.78, 5) is 15.1. The van der Waals surface area contributed by atoms with Crippen LogP contribution in [0.4, 0.5) is 0 Å². The van der Waals surface area contributed by atoms with Gasteiger partial charge >= 0.3 is 0 Å². The second-order valence-electron chi connectivity index (χ2n) is 15.4. The highest BCUT2D eigenvalue weighted by Crippen LogP contribution is 2.70. The first kappa shape index (κ1) is 35.1. The van der Waals surface area contributed by atoms with E-state index in [1.807, 2.05) is 20.8 Å². The first-order valence-corrected chi connectivity index (χ1v) is 16.5. The van der Waals surface area contributed by atoms with Gasteiger partial charge in [0.05, 0.1) is 23.0 Å². The molecule has 0 spiro atoms. The number of carbonyl (C=O) groups excluding carboxylic acids is 1. The number of aliphatic hydroxyl groups is 3. The van der Waals surface area contributed by atoms with E-state index in [-0.39, 0.29) is 23.4 Å². The van der Waals surface area contributed by atoms with Crippen molar-refractivity contribution in [1.29, 1.82) is 0 Å². The van der Waals surface area contributed by atoms with Crippen LogP contribution in [0.2, 0.25) is 0 Å². The van der Waals surface area contributed by atoms with Gasteiger partial charge in [0, 0.05) is 5.57 Å². The van der Waals surface area contributed by atoms with Gasteiger partial charge in [0.2, 0.25) is 0 Å². The van der Waals surface area contributed by atoms with Crippen molar-refractivity contribution in [2.24, 2.45) is 45.8 Å². The summed E-state index contributed by atoms with van der Waals surface area (Å²) >= 11 is 0. The monoisotopic (exact) mass is 560 g/mol.